The lowest BCUT2D eigenvalue weighted by Gasteiger charge is -2.26. The molecule has 1 saturated heterocycles. The normalized spacial score (nSPS) is 19.3. The number of nitrogens with one attached hydrogen (secondary N) is 2. The third kappa shape index (κ3) is 5.43. The molecule has 1 aliphatic carbocycles. The van der Waals surface area contributed by atoms with Gasteiger partial charge < -0.3 is 15.4 Å². The average molecular weight is 381 g/mol. The summed E-state index contributed by atoms with van der Waals surface area (Å²) < 4.78 is 32.2. The lowest BCUT2D eigenvalue weighted by atomic mass is 10.1. The highest BCUT2D eigenvalue weighted by atomic mass is 32.2. The molecule has 1 saturated carbocycles. The van der Waals surface area contributed by atoms with Crippen LogP contribution >= 0.6 is 0 Å². The number of hydrogen-bond donors (Lipinski definition) is 2. The van der Waals surface area contributed by atoms with Gasteiger partial charge in [0.05, 0.1) is 25.5 Å². The Morgan fingerprint density at radius 2 is 1.92 bits per heavy atom. The van der Waals surface area contributed by atoms with Gasteiger partial charge in [-0.1, -0.05) is 24.3 Å². The fraction of sp³-hybridized carbons (Fsp3) is 0.611. The maximum atomic E-state index is 12.7. The summed E-state index contributed by atoms with van der Waals surface area (Å²) in [4.78, 5) is 4.63. The molecule has 0 atom stereocenters. The van der Waals surface area contributed by atoms with Crippen molar-refractivity contribution >= 4 is 16.0 Å². The van der Waals surface area contributed by atoms with Crippen molar-refractivity contribution in [3.05, 3.63) is 35.4 Å². The van der Waals surface area contributed by atoms with E-state index < -0.39 is 10.0 Å². The van der Waals surface area contributed by atoms with Crippen LogP contribution in [0.25, 0.3) is 0 Å². The van der Waals surface area contributed by atoms with Crippen molar-refractivity contribution in [3.8, 4) is 0 Å². The Labute approximate surface area is 155 Å². The molecule has 2 fully saturated rings. The highest BCUT2D eigenvalue weighted by Gasteiger charge is 2.25. The van der Waals surface area contributed by atoms with E-state index in [4.69, 9.17) is 4.74 Å². The molecule has 1 heterocycles. The Balaban J connectivity index is 1.70. The molecule has 0 amide bonds. The van der Waals surface area contributed by atoms with Crippen molar-refractivity contribution in [2.24, 2.45) is 4.99 Å². The number of ether oxygens (including phenoxy) is 1. The summed E-state index contributed by atoms with van der Waals surface area (Å²) in [5, 5.41) is 6.62. The molecule has 0 unspecified atom stereocenters. The van der Waals surface area contributed by atoms with Gasteiger partial charge in [0.25, 0.3) is 0 Å². The Hall–Kier alpha value is -1.64. The monoisotopic (exact) mass is 380 g/mol. The number of rotatable bonds is 7. The molecule has 8 heteroatoms. The van der Waals surface area contributed by atoms with E-state index in [-0.39, 0.29) is 5.75 Å². The van der Waals surface area contributed by atoms with Crippen LogP contribution in [0.1, 0.15) is 30.9 Å². The highest BCUT2D eigenvalue weighted by Crippen LogP contribution is 2.19. The average Bonchev–Trinajstić information content (AvgIpc) is 3.45. The Morgan fingerprint density at radius 3 is 2.58 bits per heavy atom. The minimum absolute atomic E-state index is 0.00524. The van der Waals surface area contributed by atoms with E-state index in [1.54, 1.807) is 0 Å². The molecule has 0 radical (unpaired) electrons. The maximum Gasteiger partial charge on any atom is 0.218 e. The van der Waals surface area contributed by atoms with Gasteiger partial charge in [-0.05, 0) is 30.9 Å². The minimum Gasteiger partial charge on any atom is -0.379 e. The summed E-state index contributed by atoms with van der Waals surface area (Å²) in [5.41, 5.74) is 1.75. The molecule has 1 aromatic rings. The largest absolute Gasteiger partial charge is 0.379 e. The van der Waals surface area contributed by atoms with Gasteiger partial charge in [-0.2, -0.15) is 4.31 Å². The number of nitrogens with zero attached hydrogens (tertiary/aromatic N) is 2. The smallest absolute Gasteiger partial charge is 0.218 e. The fourth-order valence-corrected chi connectivity index (χ4v) is 4.43. The zero-order valence-corrected chi connectivity index (χ0v) is 16.1. The van der Waals surface area contributed by atoms with Crippen LogP contribution in [0, 0.1) is 0 Å². The van der Waals surface area contributed by atoms with E-state index in [9.17, 15) is 8.42 Å². The van der Waals surface area contributed by atoms with Crippen LogP contribution in [0.2, 0.25) is 0 Å². The van der Waals surface area contributed by atoms with Gasteiger partial charge >= 0.3 is 0 Å². The SMILES string of the molecule is CCNC(=NCc1ccccc1CS(=O)(=O)N1CCOCC1)NC1CC1. The van der Waals surface area contributed by atoms with Crippen LogP contribution in [0.3, 0.4) is 0 Å². The summed E-state index contributed by atoms with van der Waals surface area (Å²) in [6, 6.07) is 8.16. The van der Waals surface area contributed by atoms with E-state index in [1.807, 2.05) is 31.2 Å². The Morgan fingerprint density at radius 1 is 1.23 bits per heavy atom. The van der Waals surface area contributed by atoms with Crippen LogP contribution in [-0.2, 0) is 27.1 Å². The van der Waals surface area contributed by atoms with Gasteiger partial charge in [0.1, 0.15) is 0 Å². The van der Waals surface area contributed by atoms with Crippen LogP contribution in [-0.4, -0.2) is 57.6 Å². The molecule has 26 heavy (non-hydrogen) atoms. The van der Waals surface area contributed by atoms with Gasteiger partial charge in [0.2, 0.25) is 10.0 Å². The van der Waals surface area contributed by atoms with E-state index in [0.29, 0.717) is 38.9 Å². The minimum atomic E-state index is -3.34. The van der Waals surface area contributed by atoms with Crippen LogP contribution in [0.5, 0.6) is 0 Å². The standard InChI is InChI=1S/C18H28N4O3S/c1-2-19-18(21-17-7-8-17)20-13-15-5-3-4-6-16(15)14-26(23,24)22-9-11-25-12-10-22/h3-6,17H,2,7-14H2,1H3,(H2,19,20,21). The van der Waals surface area contributed by atoms with Crippen LogP contribution in [0.4, 0.5) is 0 Å². The number of sulfonamides is 1. The third-order valence-corrected chi connectivity index (χ3v) is 6.32. The number of guanidine groups is 1. The molecule has 1 aliphatic heterocycles. The summed E-state index contributed by atoms with van der Waals surface area (Å²) in [5.74, 6) is 0.798. The highest BCUT2D eigenvalue weighted by molar-refractivity contribution is 7.88. The lowest BCUT2D eigenvalue weighted by molar-refractivity contribution is 0.0729. The predicted molar refractivity (Wildman–Crippen MR) is 102 cm³/mol. The number of hydrogen-bond acceptors (Lipinski definition) is 4. The first-order valence-electron chi connectivity index (χ1n) is 9.25. The van der Waals surface area contributed by atoms with Crippen molar-refractivity contribution in [1.29, 1.82) is 0 Å². The molecule has 7 nitrogen and oxygen atoms in total. The third-order valence-electron chi connectivity index (χ3n) is 4.49. The zero-order chi connectivity index (χ0) is 18.4. The summed E-state index contributed by atoms with van der Waals surface area (Å²) in [6.45, 7) is 5.07. The van der Waals surface area contributed by atoms with Gasteiger partial charge in [0, 0.05) is 25.7 Å². The molecule has 0 spiro atoms. The van der Waals surface area contributed by atoms with Crippen LogP contribution < -0.4 is 10.6 Å². The lowest BCUT2D eigenvalue weighted by Crippen LogP contribution is -2.41. The second kappa shape index (κ2) is 8.83. The molecule has 0 bridgehead atoms. The van der Waals surface area contributed by atoms with Gasteiger partial charge in [-0.15, -0.1) is 0 Å². The van der Waals surface area contributed by atoms with Crippen molar-refractivity contribution in [3.63, 3.8) is 0 Å². The fourth-order valence-electron chi connectivity index (χ4n) is 2.87. The molecular weight excluding hydrogens is 352 g/mol. The number of aliphatic imine (C=N–C) groups is 1. The van der Waals surface area contributed by atoms with Gasteiger partial charge in [-0.3, -0.25) is 0 Å². The van der Waals surface area contributed by atoms with Crippen molar-refractivity contribution < 1.29 is 13.2 Å². The summed E-state index contributed by atoms with van der Waals surface area (Å²) in [6.07, 6.45) is 2.36. The second-order valence-electron chi connectivity index (χ2n) is 6.65. The van der Waals surface area contributed by atoms with Crippen LogP contribution in [0.15, 0.2) is 29.3 Å². The topological polar surface area (TPSA) is 83.0 Å². The first-order valence-corrected chi connectivity index (χ1v) is 10.9. The van der Waals surface area contributed by atoms with Gasteiger partial charge in [0.15, 0.2) is 5.96 Å². The molecular formula is C18H28N4O3S. The predicted octanol–water partition coefficient (Wildman–Crippen LogP) is 1.07. The second-order valence-corrected chi connectivity index (χ2v) is 8.62. The quantitative estimate of drug-likeness (QED) is 0.546. The Bertz CT molecular complexity index is 726. The van der Waals surface area contributed by atoms with E-state index in [1.165, 1.54) is 17.1 Å². The first-order chi connectivity index (χ1) is 12.6. The van der Waals surface area contributed by atoms with E-state index >= 15 is 0 Å². The Kier molecular flexibility index (Phi) is 6.50. The molecule has 3 rings (SSSR count). The summed E-state index contributed by atoms with van der Waals surface area (Å²) in [7, 11) is -3.34. The molecule has 1 aromatic carbocycles. The van der Waals surface area contributed by atoms with Crippen molar-refractivity contribution in [1.82, 2.24) is 14.9 Å². The van der Waals surface area contributed by atoms with E-state index in [0.717, 1.165) is 23.6 Å². The zero-order valence-electron chi connectivity index (χ0n) is 15.3. The van der Waals surface area contributed by atoms with E-state index in [2.05, 4.69) is 15.6 Å². The number of benzene rings is 1. The number of morpholine rings is 1. The molecule has 2 N–H and O–H groups in total. The summed E-state index contributed by atoms with van der Waals surface area (Å²) >= 11 is 0. The van der Waals surface area contributed by atoms with Crippen molar-refractivity contribution in [2.75, 3.05) is 32.8 Å². The molecule has 0 aromatic heterocycles. The van der Waals surface area contributed by atoms with Crippen molar-refractivity contribution in [2.45, 2.75) is 38.1 Å². The molecule has 144 valence electrons. The molecule has 2 aliphatic rings. The first kappa shape index (κ1) is 19.1. The van der Waals surface area contributed by atoms with Gasteiger partial charge in [-0.25, -0.2) is 13.4 Å². The maximum absolute atomic E-state index is 12.7.